The SMILES string of the molecule is CCCNC(=O)N1CCc2cc(C(=O)NO)ccc2C1. The van der Waals surface area contributed by atoms with Gasteiger partial charge in [0.15, 0.2) is 0 Å². The molecule has 0 saturated heterocycles. The van der Waals surface area contributed by atoms with Gasteiger partial charge in [-0.3, -0.25) is 10.0 Å². The Hall–Kier alpha value is -2.08. The van der Waals surface area contributed by atoms with Gasteiger partial charge in [0.1, 0.15) is 0 Å². The molecule has 20 heavy (non-hydrogen) atoms. The van der Waals surface area contributed by atoms with Crippen molar-refractivity contribution < 1.29 is 14.8 Å². The molecule has 2 rings (SSSR count). The molecule has 1 heterocycles. The average molecular weight is 277 g/mol. The molecule has 0 aliphatic carbocycles. The van der Waals surface area contributed by atoms with Crippen LogP contribution in [0.25, 0.3) is 0 Å². The second-order valence-electron chi connectivity index (χ2n) is 4.83. The predicted octanol–water partition coefficient (Wildman–Crippen LogP) is 1.28. The molecule has 3 amide bonds. The molecule has 1 aromatic rings. The van der Waals surface area contributed by atoms with Gasteiger partial charge in [0.25, 0.3) is 5.91 Å². The van der Waals surface area contributed by atoms with E-state index < -0.39 is 5.91 Å². The van der Waals surface area contributed by atoms with E-state index in [9.17, 15) is 9.59 Å². The Morgan fingerprint density at radius 3 is 2.85 bits per heavy atom. The molecule has 1 aliphatic heterocycles. The summed E-state index contributed by atoms with van der Waals surface area (Å²) in [6.45, 7) is 3.87. The van der Waals surface area contributed by atoms with Crippen LogP contribution in [0.2, 0.25) is 0 Å². The predicted molar refractivity (Wildman–Crippen MR) is 73.5 cm³/mol. The summed E-state index contributed by atoms with van der Waals surface area (Å²) in [7, 11) is 0. The van der Waals surface area contributed by atoms with Crippen molar-refractivity contribution in [2.45, 2.75) is 26.3 Å². The van der Waals surface area contributed by atoms with Crippen molar-refractivity contribution in [2.24, 2.45) is 0 Å². The number of benzene rings is 1. The van der Waals surface area contributed by atoms with Gasteiger partial charge in [-0.1, -0.05) is 13.0 Å². The Kier molecular flexibility index (Phi) is 4.57. The molecule has 0 atom stereocenters. The molecule has 0 aromatic heterocycles. The van der Waals surface area contributed by atoms with E-state index >= 15 is 0 Å². The lowest BCUT2D eigenvalue weighted by molar-refractivity contribution is 0.0706. The molecule has 3 N–H and O–H groups in total. The summed E-state index contributed by atoms with van der Waals surface area (Å²) in [5.41, 5.74) is 4.14. The zero-order valence-electron chi connectivity index (χ0n) is 11.5. The van der Waals surface area contributed by atoms with Crippen LogP contribution in [0.15, 0.2) is 18.2 Å². The maximum Gasteiger partial charge on any atom is 0.317 e. The van der Waals surface area contributed by atoms with Crippen LogP contribution in [0.1, 0.15) is 34.8 Å². The van der Waals surface area contributed by atoms with E-state index in [1.807, 2.05) is 13.0 Å². The molecule has 0 unspecified atom stereocenters. The van der Waals surface area contributed by atoms with E-state index in [1.54, 1.807) is 22.5 Å². The highest BCUT2D eigenvalue weighted by Gasteiger charge is 2.21. The average Bonchev–Trinajstić information content (AvgIpc) is 2.50. The van der Waals surface area contributed by atoms with Crippen LogP contribution in [-0.4, -0.2) is 35.1 Å². The number of hydroxylamine groups is 1. The first-order valence-corrected chi connectivity index (χ1v) is 6.74. The Morgan fingerprint density at radius 2 is 2.15 bits per heavy atom. The zero-order valence-corrected chi connectivity index (χ0v) is 11.5. The standard InChI is InChI=1S/C14H19N3O3/c1-2-6-15-14(19)17-7-5-10-8-11(13(18)16-20)3-4-12(10)9-17/h3-4,8,20H,2,5-7,9H2,1H3,(H,15,19)(H,16,18). The monoisotopic (exact) mass is 277 g/mol. The van der Waals surface area contributed by atoms with Crippen molar-refractivity contribution in [3.05, 3.63) is 34.9 Å². The smallest absolute Gasteiger partial charge is 0.317 e. The summed E-state index contributed by atoms with van der Waals surface area (Å²) >= 11 is 0. The third-order valence-electron chi connectivity index (χ3n) is 3.40. The summed E-state index contributed by atoms with van der Waals surface area (Å²) in [6, 6.07) is 5.20. The highest BCUT2D eigenvalue weighted by molar-refractivity contribution is 5.93. The topological polar surface area (TPSA) is 81.7 Å². The van der Waals surface area contributed by atoms with E-state index in [0.717, 1.165) is 17.5 Å². The number of nitrogens with one attached hydrogen (secondary N) is 2. The van der Waals surface area contributed by atoms with E-state index in [1.165, 1.54) is 0 Å². The lowest BCUT2D eigenvalue weighted by Crippen LogP contribution is -2.43. The molecule has 6 nitrogen and oxygen atoms in total. The van der Waals surface area contributed by atoms with Crippen LogP contribution in [0, 0.1) is 0 Å². The van der Waals surface area contributed by atoms with Crippen molar-refractivity contribution in [1.82, 2.24) is 15.7 Å². The first-order chi connectivity index (χ1) is 9.65. The number of urea groups is 1. The highest BCUT2D eigenvalue weighted by Crippen LogP contribution is 2.20. The maximum atomic E-state index is 11.9. The van der Waals surface area contributed by atoms with E-state index in [0.29, 0.717) is 31.6 Å². The van der Waals surface area contributed by atoms with Gasteiger partial charge in [-0.2, -0.15) is 0 Å². The Balaban J connectivity index is 2.08. The number of nitrogens with zero attached hydrogens (tertiary/aromatic N) is 1. The van der Waals surface area contributed by atoms with E-state index in [4.69, 9.17) is 5.21 Å². The molecule has 1 aliphatic rings. The van der Waals surface area contributed by atoms with Gasteiger partial charge in [0.05, 0.1) is 0 Å². The molecule has 0 radical (unpaired) electrons. The fourth-order valence-electron chi connectivity index (χ4n) is 2.28. The van der Waals surface area contributed by atoms with Crippen LogP contribution in [0.3, 0.4) is 0 Å². The first kappa shape index (κ1) is 14.3. The summed E-state index contributed by atoms with van der Waals surface area (Å²) < 4.78 is 0. The molecule has 0 bridgehead atoms. The van der Waals surface area contributed by atoms with Gasteiger partial charge in [-0.25, -0.2) is 10.3 Å². The number of hydrogen-bond donors (Lipinski definition) is 3. The molecule has 0 fully saturated rings. The third-order valence-corrected chi connectivity index (χ3v) is 3.40. The lowest BCUT2D eigenvalue weighted by atomic mass is 9.97. The Bertz CT molecular complexity index is 516. The largest absolute Gasteiger partial charge is 0.338 e. The number of hydrogen-bond acceptors (Lipinski definition) is 3. The fourth-order valence-corrected chi connectivity index (χ4v) is 2.28. The summed E-state index contributed by atoms with van der Waals surface area (Å²) in [6.07, 6.45) is 1.62. The van der Waals surface area contributed by atoms with Crippen LogP contribution in [0.4, 0.5) is 4.79 Å². The molecular weight excluding hydrogens is 258 g/mol. The van der Waals surface area contributed by atoms with Gasteiger partial charge in [-0.05, 0) is 36.1 Å². The summed E-state index contributed by atoms with van der Waals surface area (Å²) in [4.78, 5) is 25.0. The second kappa shape index (κ2) is 6.38. The lowest BCUT2D eigenvalue weighted by Gasteiger charge is -2.29. The molecule has 0 saturated carbocycles. The summed E-state index contributed by atoms with van der Waals surface area (Å²) in [5.74, 6) is -0.518. The fraction of sp³-hybridized carbons (Fsp3) is 0.429. The number of rotatable bonds is 3. The minimum Gasteiger partial charge on any atom is -0.338 e. The van der Waals surface area contributed by atoms with Gasteiger partial charge < -0.3 is 10.2 Å². The maximum absolute atomic E-state index is 11.9. The van der Waals surface area contributed by atoms with Crippen molar-refractivity contribution in [3.63, 3.8) is 0 Å². The van der Waals surface area contributed by atoms with E-state index in [-0.39, 0.29) is 6.03 Å². The van der Waals surface area contributed by atoms with Crippen LogP contribution in [0.5, 0.6) is 0 Å². The van der Waals surface area contributed by atoms with Crippen molar-refractivity contribution in [1.29, 1.82) is 0 Å². The van der Waals surface area contributed by atoms with Crippen molar-refractivity contribution in [3.8, 4) is 0 Å². The van der Waals surface area contributed by atoms with Gasteiger partial charge >= 0.3 is 6.03 Å². The van der Waals surface area contributed by atoms with Gasteiger partial charge in [0.2, 0.25) is 0 Å². The third kappa shape index (κ3) is 3.08. The van der Waals surface area contributed by atoms with Gasteiger partial charge in [-0.15, -0.1) is 0 Å². The van der Waals surface area contributed by atoms with Gasteiger partial charge in [0, 0.05) is 25.2 Å². The molecule has 0 spiro atoms. The number of fused-ring (bicyclic) bond motifs is 1. The quantitative estimate of drug-likeness (QED) is 0.575. The van der Waals surface area contributed by atoms with Crippen LogP contribution in [-0.2, 0) is 13.0 Å². The highest BCUT2D eigenvalue weighted by atomic mass is 16.5. The number of amides is 3. The minimum absolute atomic E-state index is 0.0466. The Morgan fingerprint density at radius 1 is 1.35 bits per heavy atom. The zero-order chi connectivity index (χ0) is 14.5. The molecule has 108 valence electrons. The van der Waals surface area contributed by atoms with E-state index in [2.05, 4.69) is 5.32 Å². The van der Waals surface area contributed by atoms with Crippen LogP contribution < -0.4 is 10.8 Å². The van der Waals surface area contributed by atoms with Crippen molar-refractivity contribution >= 4 is 11.9 Å². The molecular formula is C14H19N3O3. The minimum atomic E-state index is -0.518. The molecule has 1 aromatic carbocycles. The first-order valence-electron chi connectivity index (χ1n) is 6.74. The van der Waals surface area contributed by atoms with Crippen molar-refractivity contribution in [2.75, 3.05) is 13.1 Å². The summed E-state index contributed by atoms with van der Waals surface area (Å²) in [5, 5.41) is 11.5. The number of carbonyl (C=O) groups is 2. The number of carbonyl (C=O) groups excluding carboxylic acids is 2. The normalized spacial score (nSPS) is 13.6. The Labute approximate surface area is 117 Å². The molecule has 6 heteroatoms. The van der Waals surface area contributed by atoms with Crippen LogP contribution >= 0.6 is 0 Å². The second-order valence-corrected chi connectivity index (χ2v) is 4.83.